The lowest BCUT2D eigenvalue weighted by molar-refractivity contribution is -0.140. The number of β-lactam (4-membered cyclic amide) rings is 1. The molecule has 3 aromatic carbocycles. The smallest absolute Gasteiger partial charge is 0.245 e. The highest BCUT2D eigenvalue weighted by molar-refractivity contribution is 9.10. The molecule has 1 unspecified atom stereocenters. The van der Waals surface area contributed by atoms with Crippen molar-refractivity contribution in [3.63, 3.8) is 0 Å². The Hall–Kier alpha value is -3.13. The number of carbonyl (C=O) groups excluding carboxylic acids is 3. The summed E-state index contributed by atoms with van der Waals surface area (Å²) >= 11 is 16.1. The van der Waals surface area contributed by atoms with Crippen LogP contribution in [-0.4, -0.2) is 22.2 Å². The molecule has 0 bridgehead atoms. The van der Waals surface area contributed by atoms with Crippen LogP contribution in [0, 0.1) is 10.8 Å². The molecule has 6 nitrogen and oxygen atoms in total. The fourth-order valence-corrected chi connectivity index (χ4v) is 6.23. The van der Waals surface area contributed by atoms with Crippen molar-refractivity contribution in [1.82, 2.24) is 4.57 Å². The van der Waals surface area contributed by atoms with Crippen molar-refractivity contribution in [3.8, 4) is 0 Å². The first-order chi connectivity index (χ1) is 18.4. The van der Waals surface area contributed by atoms with Gasteiger partial charge in [0, 0.05) is 31.3 Å². The average molecular weight is 625 g/mol. The maximum Gasteiger partial charge on any atom is 0.245 e. The minimum atomic E-state index is -1.36. The normalized spacial score (nSPS) is 19.9. The van der Waals surface area contributed by atoms with Crippen molar-refractivity contribution < 1.29 is 14.4 Å². The van der Waals surface area contributed by atoms with Crippen molar-refractivity contribution in [2.45, 2.75) is 33.9 Å². The first kappa shape index (κ1) is 26.1. The Labute approximate surface area is 244 Å². The minimum Gasteiger partial charge on any atom is -0.313 e. The molecule has 1 saturated heterocycles. The van der Waals surface area contributed by atoms with Crippen LogP contribution in [0.25, 0.3) is 10.9 Å². The summed E-state index contributed by atoms with van der Waals surface area (Å²) in [7, 11) is 0. The number of hydrogen-bond acceptors (Lipinski definition) is 3. The summed E-state index contributed by atoms with van der Waals surface area (Å²) in [4.78, 5) is 45.0. The second kappa shape index (κ2) is 8.68. The van der Waals surface area contributed by atoms with Gasteiger partial charge in [-0.2, -0.15) is 0 Å². The van der Waals surface area contributed by atoms with Gasteiger partial charge >= 0.3 is 0 Å². The SMILES string of the molecule is CC1(C)C(=O)c2c(c3cc(Cl)ccc3n2C2N(c3ccc(Br)cc3)C(=O)C2(C)C)N(c2ccc(Cl)cc2)C1=O. The summed E-state index contributed by atoms with van der Waals surface area (Å²) in [5, 5.41) is 1.65. The van der Waals surface area contributed by atoms with E-state index in [9.17, 15) is 14.4 Å². The van der Waals surface area contributed by atoms with Crippen molar-refractivity contribution in [3.05, 3.63) is 86.9 Å². The number of hydrogen-bond donors (Lipinski definition) is 0. The number of anilines is 3. The molecular weight excluding hydrogens is 601 g/mol. The monoisotopic (exact) mass is 623 g/mol. The van der Waals surface area contributed by atoms with E-state index in [1.165, 1.54) is 0 Å². The molecule has 0 radical (unpaired) electrons. The standard InChI is InChI=1S/C30H24BrCl2N3O3/c1-29(2)25(37)24-23(34(27(29)38)19-12-7-17(32)8-13-19)21-15-18(33)9-14-22(21)36(24)26-30(3,4)28(39)35(26)20-10-5-16(31)6-11-20/h5-15,26H,1-4H3. The van der Waals surface area contributed by atoms with Crippen LogP contribution < -0.4 is 9.80 Å². The van der Waals surface area contributed by atoms with Crippen LogP contribution in [0.3, 0.4) is 0 Å². The predicted molar refractivity (Wildman–Crippen MR) is 158 cm³/mol. The summed E-state index contributed by atoms with van der Waals surface area (Å²) in [5.74, 6) is -0.728. The number of rotatable bonds is 3. The van der Waals surface area contributed by atoms with Gasteiger partial charge in [0.1, 0.15) is 17.3 Å². The van der Waals surface area contributed by atoms with Gasteiger partial charge in [0.15, 0.2) is 5.78 Å². The Morgan fingerprint density at radius 1 is 0.769 bits per heavy atom. The molecule has 2 aliphatic rings. The topological polar surface area (TPSA) is 62.6 Å². The summed E-state index contributed by atoms with van der Waals surface area (Å²) in [5.41, 5.74) is 0.625. The van der Waals surface area contributed by atoms with E-state index in [-0.39, 0.29) is 17.6 Å². The molecule has 1 atom stereocenters. The van der Waals surface area contributed by atoms with Gasteiger partial charge in [-0.05, 0) is 94.4 Å². The molecule has 0 N–H and O–H groups in total. The molecule has 2 amide bonds. The van der Waals surface area contributed by atoms with Crippen LogP contribution in [0.5, 0.6) is 0 Å². The summed E-state index contributed by atoms with van der Waals surface area (Å²) in [6.07, 6.45) is -0.529. The number of amides is 2. The van der Waals surface area contributed by atoms with Gasteiger partial charge in [-0.3, -0.25) is 24.2 Å². The highest BCUT2D eigenvalue weighted by atomic mass is 79.9. The van der Waals surface area contributed by atoms with Crippen LogP contribution in [0.2, 0.25) is 10.0 Å². The molecule has 9 heteroatoms. The second-order valence-corrected chi connectivity index (χ2v) is 12.8. The lowest BCUT2D eigenvalue weighted by Gasteiger charge is -2.54. The van der Waals surface area contributed by atoms with Gasteiger partial charge in [0.2, 0.25) is 11.8 Å². The van der Waals surface area contributed by atoms with E-state index < -0.39 is 17.0 Å². The molecule has 3 heterocycles. The number of fused-ring (bicyclic) bond motifs is 3. The van der Waals surface area contributed by atoms with Crippen LogP contribution in [-0.2, 0) is 9.59 Å². The van der Waals surface area contributed by atoms with E-state index in [0.29, 0.717) is 43.7 Å². The van der Waals surface area contributed by atoms with Gasteiger partial charge < -0.3 is 4.57 Å². The van der Waals surface area contributed by atoms with Crippen LogP contribution in [0.4, 0.5) is 17.1 Å². The maximum absolute atomic E-state index is 14.2. The van der Waals surface area contributed by atoms with Gasteiger partial charge in [-0.25, -0.2) is 0 Å². The molecule has 0 aliphatic carbocycles. The summed E-state index contributed by atoms with van der Waals surface area (Å²) < 4.78 is 2.81. The van der Waals surface area contributed by atoms with E-state index in [0.717, 1.165) is 4.47 Å². The maximum atomic E-state index is 14.2. The van der Waals surface area contributed by atoms with Gasteiger partial charge in [-0.15, -0.1) is 0 Å². The summed E-state index contributed by atoms with van der Waals surface area (Å²) in [6.45, 7) is 7.04. The molecule has 4 aromatic rings. The molecule has 1 aromatic heterocycles. The zero-order chi connectivity index (χ0) is 28.0. The van der Waals surface area contributed by atoms with Crippen molar-refractivity contribution >= 4 is 84.7 Å². The molecular formula is C30H24BrCl2N3O3. The lowest BCUT2D eigenvalue weighted by Crippen LogP contribution is -2.64. The fourth-order valence-electron chi connectivity index (χ4n) is 5.67. The van der Waals surface area contributed by atoms with Crippen molar-refractivity contribution in [1.29, 1.82) is 0 Å². The van der Waals surface area contributed by atoms with E-state index in [2.05, 4.69) is 15.9 Å². The van der Waals surface area contributed by atoms with Gasteiger partial charge in [-0.1, -0.05) is 39.1 Å². The third kappa shape index (κ3) is 3.63. The van der Waals surface area contributed by atoms with Crippen molar-refractivity contribution in [2.75, 3.05) is 9.80 Å². The quantitative estimate of drug-likeness (QED) is 0.171. The Bertz CT molecular complexity index is 1710. The molecule has 39 heavy (non-hydrogen) atoms. The zero-order valence-corrected chi connectivity index (χ0v) is 24.7. The molecule has 2 aliphatic heterocycles. The van der Waals surface area contributed by atoms with E-state index >= 15 is 0 Å². The minimum absolute atomic E-state index is 0.0625. The van der Waals surface area contributed by atoms with E-state index in [1.54, 1.807) is 60.0 Å². The second-order valence-electron chi connectivity index (χ2n) is 11.0. The Balaban J connectivity index is 1.69. The number of benzene rings is 3. The molecule has 0 spiro atoms. The number of Topliss-reactive ketones (excluding diaryl/α,β-unsaturated/α-hetero) is 1. The zero-order valence-electron chi connectivity index (χ0n) is 21.6. The number of nitrogens with zero attached hydrogens (tertiary/aromatic N) is 3. The molecule has 198 valence electrons. The lowest BCUT2D eigenvalue weighted by atomic mass is 9.76. The first-order valence-electron chi connectivity index (χ1n) is 12.4. The first-order valence-corrected chi connectivity index (χ1v) is 14.0. The van der Waals surface area contributed by atoms with Gasteiger partial charge in [0.05, 0.1) is 16.6 Å². The third-order valence-electron chi connectivity index (χ3n) is 7.78. The van der Waals surface area contributed by atoms with Crippen LogP contribution >= 0.6 is 39.1 Å². The number of ketones is 1. The summed E-state index contributed by atoms with van der Waals surface area (Å²) in [6, 6.07) is 19.8. The number of halogens is 3. The number of carbonyl (C=O) groups is 3. The predicted octanol–water partition coefficient (Wildman–Crippen LogP) is 8.17. The van der Waals surface area contributed by atoms with E-state index in [4.69, 9.17) is 23.2 Å². The van der Waals surface area contributed by atoms with Gasteiger partial charge in [0.25, 0.3) is 0 Å². The highest BCUT2D eigenvalue weighted by Crippen LogP contribution is 2.55. The third-order valence-corrected chi connectivity index (χ3v) is 8.79. The Kier molecular flexibility index (Phi) is 5.81. The number of aromatic nitrogens is 1. The largest absolute Gasteiger partial charge is 0.313 e. The fraction of sp³-hybridized carbons (Fsp3) is 0.233. The molecule has 0 saturated carbocycles. The highest BCUT2D eigenvalue weighted by Gasteiger charge is 2.59. The van der Waals surface area contributed by atoms with Crippen LogP contribution in [0.1, 0.15) is 44.3 Å². The Morgan fingerprint density at radius 2 is 1.36 bits per heavy atom. The molecule has 1 fully saturated rings. The Morgan fingerprint density at radius 3 is 2.00 bits per heavy atom. The van der Waals surface area contributed by atoms with E-state index in [1.807, 2.05) is 48.7 Å². The van der Waals surface area contributed by atoms with Crippen LogP contribution in [0.15, 0.2) is 71.2 Å². The average Bonchev–Trinajstić information content (AvgIpc) is 3.20. The van der Waals surface area contributed by atoms with Crippen molar-refractivity contribution in [2.24, 2.45) is 10.8 Å². The molecule has 6 rings (SSSR count).